The molecule has 3 fully saturated rings. The van der Waals surface area contributed by atoms with E-state index in [0.29, 0.717) is 5.92 Å². The summed E-state index contributed by atoms with van der Waals surface area (Å²) in [4.78, 5) is 15.1. The fraction of sp³-hybridized carbons (Fsp3) is 0.737. The molecule has 2 saturated heterocycles. The third-order valence-corrected chi connectivity index (χ3v) is 5.73. The zero-order valence-corrected chi connectivity index (χ0v) is 14.5. The number of furan rings is 1. The second kappa shape index (κ2) is 6.89. The van der Waals surface area contributed by atoms with Gasteiger partial charge in [0.05, 0.1) is 12.6 Å². The Balaban J connectivity index is 1.37. The first-order valence-corrected chi connectivity index (χ1v) is 9.36. The largest absolute Gasteiger partial charge is 0.465 e. The van der Waals surface area contributed by atoms with Crippen molar-refractivity contribution >= 4 is 5.91 Å². The normalized spacial score (nSPS) is 30.8. The van der Waals surface area contributed by atoms with Gasteiger partial charge in [0.2, 0.25) is 5.91 Å². The molecule has 0 bridgehead atoms. The fourth-order valence-electron chi connectivity index (χ4n) is 4.14. The number of likely N-dealkylation sites (tertiary alicyclic amines) is 1. The van der Waals surface area contributed by atoms with E-state index < -0.39 is 0 Å². The van der Waals surface area contributed by atoms with E-state index in [2.05, 4.69) is 16.3 Å². The molecular formula is C19H28N2O3. The van der Waals surface area contributed by atoms with E-state index in [9.17, 15) is 4.79 Å². The van der Waals surface area contributed by atoms with Gasteiger partial charge in [0.25, 0.3) is 0 Å². The third-order valence-electron chi connectivity index (χ3n) is 5.73. The molecule has 3 heterocycles. The number of ether oxygens (including phenoxy) is 1. The maximum Gasteiger partial charge on any atom is 0.223 e. The van der Waals surface area contributed by atoms with Crippen LogP contribution in [0.2, 0.25) is 0 Å². The highest BCUT2D eigenvalue weighted by Crippen LogP contribution is 2.34. The fourth-order valence-corrected chi connectivity index (χ4v) is 4.14. The number of carbonyl (C=O) groups excluding carboxylic acids is 1. The van der Waals surface area contributed by atoms with Gasteiger partial charge in [-0.3, -0.25) is 9.69 Å². The molecule has 3 atom stereocenters. The zero-order valence-electron chi connectivity index (χ0n) is 14.5. The summed E-state index contributed by atoms with van der Waals surface area (Å²) in [5.74, 6) is 3.35. The summed E-state index contributed by atoms with van der Waals surface area (Å²) in [6.45, 7) is 6.32. The van der Waals surface area contributed by atoms with E-state index in [0.717, 1.165) is 63.1 Å². The van der Waals surface area contributed by atoms with Crippen LogP contribution in [-0.2, 0) is 16.1 Å². The standard InChI is InChI=1S/C19H28N2O3/c1-13-2-5-15(24-13)11-21-8-6-18-17(12-21)16(7-9-23-18)19(22)20-10-14-3-4-14/h2,5,14,16-18H,3-4,6-12H2,1H3,(H,20,22)/t16-,17+,18-/m1/s1. The van der Waals surface area contributed by atoms with Crippen molar-refractivity contribution in [2.75, 3.05) is 26.2 Å². The average molecular weight is 332 g/mol. The Morgan fingerprint density at radius 3 is 2.92 bits per heavy atom. The van der Waals surface area contributed by atoms with Crippen molar-refractivity contribution in [3.8, 4) is 0 Å². The van der Waals surface area contributed by atoms with Crippen LogP contribution < -0.4 is 5.32 Å². The van der Waals surface area contributed by atoms with Gasteiger partial charge < -0.3 is 14.5 Å². The molecule has 5 nitrogen and oxygen atoms in total. The van der Waals surface area contributed by atoms with E-state index in [4.69, 9.17) is 9.15 Å². The number of hydrogen-bond donors (Lipinski definition) is 1. The van der Waals surface area contributed by atoms with Crippen LogP contribution in [0, 0.1) is 24.7 Å². The Labute approximate surface area is 143 Å². The van der Waals surface area contributed by atoms with Gasteiger partial charge in [-0.15, -0.1) is 0 Å². The molecule has 0 radical (unpaired) electrons. The van der Waals surface area contributed by atoms with Crippen molar-refractivity contribution in [2.45, 2.75) is 45.3 Å². The van der Waals surface area contributed by atoms with Crippen molar-refractivity contribution in [1.29, 1.82) is 0 Å². The highest BCUT2D eigenvalue weighted by molar-refractivity contribution is 5.79. The first-order chi connectivity index (χ1) is 11.7. The molecule has 1 aliphatic carbocycles. The molecule has 5 heteroatoms. The van der Waals surface area contributed by atoms with Gasteiger partial charge in [0, 0.05) is 38.1 Å². The summed E-state index contributed by atoms with van der Waals surface area (Å²) >= 11 is 0. The van der Waals surface area contributed by atoms with Crippen LogP contribution in [0.15, 0.2) is 16.5 Å². The number of aryl methyl sites for hydroxylation is 1. The smallest absolute Gasteiger partial charge is 0.223 e. The summed E-state index contributed by atoms with van der Waals surface area (Å²) in [5, 5.41) is 3.18. The van der Waals surface area contributed by atoms with Crippen LogP contribution in [0.5, 0.6) is 0 Å². The predicted molar refractivity (Wildman–Crippen MR) is 90.4 cm³/mol. The van der Waals surface area contributed by atoms with E-state index in [-0.39, 0.29) is 17.9 Å². The van der Waals surface area contributed by atoms with Gasteiger partial charge in [-0.25, -0.2) is 0 Å². The van der Waals surface area contributed by atoms with Crippen LogP contribution in [0.4, 0.5) is 0 Å². The Hall–Kier alpha value is -1.33. The zero-order chi connectivity index (χ0) is 16.5. The SMILES string of the molecule is Cc1ccc(CN2CC[C@H]3OCC[C@@H](C(=O)NCC4CC4)[C@@H]3C2)o1. The molecule has 1 aromatic heterocycles. The van der Waals surface area contributed by atoms with E-state index in [1.807, 2.05) is 13.0 Å². The Kier molecular flexibility index (Phi) is 4.63. The number of fused-ring (bicyclic) bond motifs is 1. The summed E-state index contributed by atoms with van der Waals surface area (Å²) in [6.07, 6.45) is 4.65. The van der Waals surface area contributed by atoms with Crippen LogP contribution in [0.25, 0.3) is 0 Å². The second-order valence-electron chi connectivity index (χ2n) is 7.69. The number of hydrogen-bond acceptors (Lipinski definition) is 4. The maximum atomic E-state index is 12.6. The molecule has 24 heavy (non-hydrogen) atoms. The van der Waals surface area contributed by atoms with Crippen LogP contribution in [0.3, 0.4) is 0 Å². The summed E-state index contributed by atoms with van der Waals surface area (Å²) in [7, 11) is 0. The minimum atomic E-state index is 0.101. The number of nitrogens with zero attached hydrogens (tertiary/aromatic N) is 1. The molecule has 0 unspecified atom stereocenters. The van der Waals surface area contributed by atoms with Gasteiger partial charge in [0.1, 0.15) is 11.5 Å². The van der Waals surface area contributed by atoms with E-state index in [1.165, 1.54) is 12.8 Å². The molecule has 3 aliphatic rings. The lowest BCUT2D eigenvalue weighted by Gasteiger charge is -2.44. The summed E-state index contributed by atoms with van der Waals surface area (Å²) < 4.78 is 11.7. The van der Waals surface area contributed by atoms with Gasteiger partial charge in [-0.05, 0) is 50.7 Å². The minimum absolute atomic E-state index is 0.101. The molecule has 1 saturated carbocycles. The average Bonchev–Trinajstić information content (AvgIpc) is 3.33. The van der Waals surface area contributed by atoms with Crippen LogP contribution in [0.1, 0.15) is 37.2 Å². The molecule has 132 valence electrons. The molecule has 1 aromatic rings. The molecule has 0 spiro atoms. The Bertz CT molecular complexity index is 581. The predicted octanol–water partition coefficient (Wildman–Crippen LogP) is 2.34. The lowest BCUT2D eigenvalue weighted by Crippen LogP contribution is -2.53. The quantitative estimate of drug-likeness (QED) is 0.899. The van der Waals surface area contributed by atoms with Crippen molar-refractivity contribution in [2.24, 2.45) is 17.8 Å². The molecule has 0 aromatic carbocycles. The van der Waals surface area contributed by atoms with Crippen molar-refractivity contribution in [3.63, 3.8) is 0 Å². The highest BCUT2D eigenvalue weighted by Gasteiger charge is 2.41. The summed E-state index contributed by atoms with van der Waals surface area (Å²) in [6, 6.07) is 4.07. The molecule has 1 N–H and O–H groups in total. The molecule has 4 rings (SSSR count). The van der Waals surface area contributed by atoms with Gasteiger partial charge >= 0.3 is 0 Å². The highest BCUT2D eigenvalue weighted by atomic mass is 16.5. The molecule has 2 aliphatic heterocycles. The minimum Gasteiger partial charge on any atom is -0.465 e. The number of piperidine rings is 1. The van der Waals surface area contributed by atoms with Gasteiger partial charge in [0.15, 0.2) is 0 Å². The van der Waals surface area contributed by atoms with Gasteiger partial charge in [-0.2, -0.15) is 0 Å². The molecular weight excluding hydrogens is 304 g/mol. The summed E-state index contributed by atoms with van der Waals surface area (Å²) in [5.41, 5.74) is 0. The number of carbonyl (C=O) groups is 1. The lowest BCUT2D eigenvalue weighted by molar-refractivity contribution is -0.142. The van der Waals surface area contributed by atoms with E-state index >= 15 is 0 Å². The van der Waals surface area contributed by atoms with Crippen LogP contribution in [-0.4, -0.2) is 43.2 Å². The topological polar surface area (TPSA) is 54.7 Å². The van der Waals surface area contributed by atoms with E-state index in [1.54, 1.807) is 0 Å². The number of rotatable bonds is 5. The maximum absolute atomic E-state index is 12.6. The monoisotopic (exact) mass is 332 g/mol. The van der Waals surface area contributed by atoms with Crippen LogP contribution >= 0.6 is 0 Å². The Morgan fingerprint density at radius 1 is 1.29 bits per heavy atom. The first kappa shape index (κ1) is 16.2. The number of nitrogens with one attached hydrogen (secondary N) is 1. The third kappa shape index (κ3) is 3.67. The van der Waals surface area contributed by atoms with Crippen molar-refractivity contribution in [1.82, 2.24) is 10.2 Å². The van der Waals surface area contributed by atoms with Crippen molar-refractivity contribution < 1.29 is 13.9 Å². The Morgan fingerprint density at radius 2 is 2.17 bits per heavy atom. The molecule has 1 amide bonds. The second-order valence-corrected chi connectivity index (χ2v) is 7.69. The van der Waals surface area contributed by atoms with Gasteiger partial charge in [-0.1, -0.05) is 0 Å². The number of amides is 1. The lowest BCUT2D eigenvalue weighted by atomic mass is 9.79. The first-order valence-electron chi connectivity index (χ1n) is 9.36. The van der Waals surface area contributed by atoms with Crippen molar-refractivity contribution in [3.05, 3.63) is 23.7 Å².